The first-order chi connectivity index (χ1) is 7.77. The molecule has 88 valence electrons. The zero-order valence-electron chi connectivity index (χ0n) is 10.00. The van der Waals surface area contributed by atoms with Gasteiger partial charge < -0.3 is 0 Å². The summed E-state index contributed by atoms with van der Waals surface area (Å²) in [7, 11) is 0. The minimum Gasteiger partial charge on any atom is -0.299 e. The summed E-state index contributed by atoms with van der Waals surface area (Å²) in [6.07, 6.45) is 7.49. The Morgan fingerprint density at radius 3 is 2.75 bits per heavy atom. The molecule has 2 heteroatoms. The summed E-state index contributed by atoms with van der Waals surface area (Å²) in [6, 6.07) is 4.20. The monoisotopic (exact) mass is 236 g/mol. The van der Waals surface area contributed by atoms with E-state index in [9.17, 15) is 4.79 Å². The lowest BCUT2D eigenvalue weighted by atomic mass is 9.77. The molecule has 0 unspecified atom stereocenters. The summed E-state index contributed by atoms with van der Waals surface area (Å²) < 4.78 is 0. The van der Waals surface area contributed by atoms with Gasteiger partial charge in [-0.05, 0) is 37.1 Å². The van der Waals surface area contributed by atoms with Crippen LogP contribution in [0.1, 0.15) is 50.3 Å². The van der Waals surface area contributed by atoms with Crippen molar-refractivity contribution in [2.24, 2.45) is 5.41 Å². The molecule has 16 heavy (non-hydrogen) atoms. The molecular weight excluding hydrogens is 216 g/mol. The van der Waals surface area contributed by atoms with Gasteiger partial charge in [0.25, 0.3) is 0 Å². The van der Waals surface area contributed by atoms with E-state index < -0.39 is 0 Å². The predicted octanol–water partition coefficient (Wildman–Crippen LogP) is 4.22. The van der Waals surface area contributed by atoms with Crippen molar-refractivity contribution in [3.8, 4) is 0 Å². The van der Waals surface area contributed by atoms with Crippen LogP contribution in [0.25, 0.3) is 0 Å². The Morgan fingerprint density at radius 1 is 1.44 bits per heavy atom. The van der Waals surface area contributed by atoms with Crippen LogP contribution in [0, 0.1) is 5.41 Å². The molecule has 0 radical (unpaired) electrons. The van der Waals surface area contributed by atoms with Crippen LogP contribution in [-0.2, 0) is 11.2 Å². The van der Waals surface area contributed by atoms with Crippen molar-refractivity contribution >= 4 is 17.1 Å². The number of rotatable bonds is 5. The van der Waals surface area contributed by atoms with E-state index in [2.05, 4.69) is 24.4 Å². The van der Waals surface area contributed by atoms with E-state index in [4.69, 9.17) is 0 Å². The molecule has 0 aromatic carbocycles. The summed E-state index contributed by atoms with van der Waals surface area (Å²) in [5.74, 6) is 0.515. The Morgan fingerprint density at radius 2 is 2.19 bits per heavy atom. The van der Waals surface area contributed by atoms with Crippen molar-refractivity contribution in [2.75, 3.05) is 0 Å². The summed E-state index contributed by atoms with van der Waals surface area (Å²) in [5.41, 5.74) is 0.0528. The predicted molar refractivity (Wildman–Crippen MR) is 68.8 cm³/mol. The molecule has 1 aromatic rings. The van der Waals surface area contributed by atoms with Crippen molar-refractivity contribution in [3.05, 3.63) is 22.4 Å². The largest absolute Gasteiger partial charge is 0.299 e. The van der Waals surface area contributed by atoms with Crippen LogP contribution in [0.5, 0.6) is 0 Å². The zero-order chi connectivity index (χ0) is 11.4. The molecule has 1 heterocycles. The minimum atomic E-state index is 0.0528. The number of ketones is 1. The first kappa shape index (κ1) is 11.8. The number of hydrogen-bond acceptors (Lipinski definition) is 2. The molecule has 1 fully saturated rings. The van der Waals surface area contributed by atoms with E-state index in [-0.39, 0.29) is 5.41 Å². The van der Waals surface area contributed by atoms with E-state index in [0.717, 1.165) is 32.1 Å². The van der Waals surface area contributed by atoms with E-state index in [1.165, 1.54) is 17.7 Å². The average Bonchev–Trinajstić information content (AvgIpc) is 2.97. The molecule has 1 aliphatic carbocycles. The Kier molecular flexibility index (Phi) is 3.80. The number of Topliss-reactive ketones (excluding diaryl/α,β-unsaturated/α-hetero) is 1. The number of hydrogen-bond donors (Lipinski definition) is 0. The minimum absolute atomic E-state index is 0.0528. The van der Waals surface area contributed by atoms with Gasteiger partial charge in [-0.15, -0.1) is 11.3 Å². The van der Waals surface area contributed by atoms with Gasteiger partial charge in [0.15, 0.2) is 0 Å². The molecule has 1 aromatic heterocycles. The number of aryl methyl sites for hydroxylation is 1. The molecule has 2 rings (SSSR count). The average molecular weight is 236 g/mol. The molecule has 1 saturated carbocycles. The van der Waals surface area contributed by atoms with Gasteiger partial charge in [0.1, 0.15) is 5.78 Å². The lowest BCUT2D eigenvalue weighted by Gasteiger charge is -2.25. The Hall–Kier alpha value is -0.630. The smallest absolute Gasteiger partial charge is 0.139 e. The fourth-order valence-electron chi connectivity index (χ4n) is 2.84. The summed E-state index contributed by atoms with van der Waals surface area (Å²) in [4.78, 5) is 13.6. The van der Waals surface area contributed by atoms with Crippen molar-refractivity contribution in [1.29, 1.82) is 0 Å². The Labute approximate surface area is 102 Å². The number of thiophene rings is 1. The highest BCUT2D eigenvalue weighted by atomic mass is 32.1. The molecule has 0 N–H and O–H groups in total. The SMILES string of the molecule is CCC1(C(=O)CCc2cccs2)CCCC1. The molecule has 0 amide bonds. The third kappa shape index (κ3) is 2.37. The Bertz CT molecular complexity index is 334. The molecule has 0 atom stereocenters. The second kappa shape index (κ2) is 5.13. The maximum Gasteiger partial charge on any atom is 0.139 e. The highest BCUT2D eigenvalue weighted by molar-refractivity contribution is 7.09. The van der Waals surface area contributed by atoms with Crippen LogP contribution in [0.2, 0.25) is 0 Å². The van der Waals surface area contributed by atoms with Gasteiger partial charge in [-0.1, -0.05) is 25.8 Å². The van der Waals surface area contributed by atoms with Gasteiger partial charge in [0, 0.05) is 16.7 Å². The van der Waals surface area contributed by atoms with Gasteiger partial charge in [-0.3, -0.25) is 4.79 Å². The maximum absolute atomic E-state index is 12.3. The zero-order valence-corrected chi connectivity index (χ0v) is 10.8. The lowest BCUT2D eigenvalue weighted by Crippen LogP contribution is -2.27. The number of carbonyl (C=O) groups excluding carboxylic acids is 1. The van der Waals surface area contributed by atoms with Gasteiger partial charge in [-0.25, -0.2) is 0 Å². The highest BCUT2D eigenvalue weighted by Gasteiger charge is 2.38. The molecule has 0 saturated heterocycles. The first-order valence-electron chi connectivity index (χ1n) is 6.32. The summed E-state index contributed by atoms with van der Waals surface area (Å²) in [6.45, 7) is 2.17. The van der Waals surface area contributed by atoms with E-state index in [1.807, 2.05) is 0 Å². The van der Waals surface area contributed by atoms with Crippen LogP contribution in [0.3, 0.4) is 0 Å². The van der Waals surface area contributed by atoms with Gasteiger partial charge in [0.2, 0.25) is 0 Å². The molecule has 0 aliphatic heterocycles. The van der Waals surface area contributed by atoms with Gasteiger partial charge in [0.05, 0.1) is 0 Å². The fourth-order valence-corrected chi connectivity index (χ4v) is 3.55. The standard InChI is InChI=1S/C14H20OS/c1-2-14(9-3-4-10-14)13(15)8-7-12-6-5-11-16-12/h5-6,11H,2-4,7-10H2,1H3. The summed E-state index contributed by atoms with van der Waals surface area (Å²) in [5, 5.41) is 2.09. The van der Waals surface area contributed by atoms with E-state index in [0.29, 0.717) is 5.78 Å². The molecule has 1 aliphatic rings. The maximum atomic E-state index is 12.3. The Balaban J connectivity index is 1.91. The van der Waals surface area contributed by atoms with Crippen molar-refractivity contribution in [2.45, 2.75) is 51.9 Å². The van der Waals surface area contributed by atoms with Gasteiger partial charge >= 0.3 is 0 Å². The summed E-state index contributed by atoms with van der Waals surface area (Å²) >= 11 is 1.76. The van der Waals surface area contributed by atoms with Crippen molar-refractivity contribution in [3.63, 3.8) is 0 Å². The normalized spacial score (nSPS) is 18.8. The van der Waals surface area contributed by atoms with Crippen molar-refractivity contribution < 1.29 is 4.79 Å². The third-order valence-electron chi connectivity index (χ3n) is 4.01. The first-order valence-corrected chi connectivity index (χ1v) is 7.20. The van der Waals surface area contributed by atoms with Crippen LogP contribution < -0.4 is 0 Å². The third-order valence-corrected chi connectivity index (χ3v) is 4.94. The second-order valence-corrected chi connectivity index (χ2v) is 5.88. The fraction of sp³-hybridized carbons (Fsp3) is 0.643. The molecule has 0 bridgehead atoms. The van der Waals surface area contributed by atoms with Crippen molar-refractivity contribution in [1.82, 2.24) is 0 Å². The van der Waals surface area contributed by atoms with Crippen LogP contribution >= 0.6 is 11.3 Å². The quantitative estimate of drug-likeness (QED) is 0.748. The van der Waals surface area contributed by atoms with Crippen LogP contribution in [-0.4, -0.2) is 5.78 Å². The highest BCUT2D eigenvalue weighted by Crippen LogP contribution is 2.42. The molecular formula is C14H20OS. The number of carbonyl (C=O) groups is 1. The lowest BCUT2D eigenvalue weighted by molar-refractivity contribution is -0.128. The van der Waals surface area contributed by atoms with Crippen LogP contribution in [0.15, 0.2) is 17.5 Å². The van der Waals surface area contributed by atoms with E-state index in [1.54, 1.807) is 11.3 Å². The van der Waals surface area contributed by atoms with E-state index >= 15 is 0 Å². The second-order valence-electron chi connectivity index (χ2n) is 4.84. The van der Waals surface area contributed by atoms with Gasteiger partial charge in [-0.2, -0.15) is 0 Å². The topological polar surface area (TPSA) is 17.1 Å². The molecule has 0 spiro atoms. The molecule has 1 nitrogen and oxygen atoms in total. The van der Waals surface area contributed by atoms with Crippen LogP contribution in [0.4, 0.5) is 0 Å².